The predicted molar refractivity (Wildman–Crippen MR) is 63.0 cm³/mol. The van der Waals surface area contributed by atoms with E-state index >= 15 is 0 Å². The minimum atomic E-state index is -0.519. The molecule has 0 bridgehead atoms. The van der Waals surface area contributed by atoms with Crippen LogP contribution in [0.5, 0.6) is 5.75 Å². The average Bonchev–Trinajstić information content (AvgIpc) is 2.40. The molecule has 86 valence electrons. The van der Waals surface area contributed by atoms with Crippen LogP contribution in [0.25, 0.3) is 0 Å². The predicted octanol–water partition coefficient (Wildman–Crippen LogP) is 1.91. The first-order valence-electron chi connectivity index (χ1n) is 4.48. The number of hydrogen-bond acceptors (Lipinski definition) is 4. The van der Waals surface area contributed by atoms with E-state index in [1.807, 2.05) is 0 Å². The van der Waals surface area contributed by atoms with Crippen LogP contribution in [0.1, 0.15) is 15.9 Å². The van der Waals surface area contributed by atoms with Crippen LogP contribution >= 0.6 is 15.9 Å². The van der Waals surface area contributed by atoms with E-state index in [-0.39, 0.29) is 16.7 Å². The molecule has 0 heterocycles. The highest BCUT2D eigenvalue weighted by Gasteiger charge is 2.11. The smallest absolute Gasteiger partial charge is 0.338 e. The van der Waals surface area contributed by atoms with Crippen LogP contribution in [-0.2, 0) is 4.74 Å². The third-order valence-electron chi connectivity index (χ3n) is 2.13. The summed E-state index contributed by atoms with van der Waals surface area (Å²) in [5, 5.41) is 0. The van der Waals surface area contributed by atoms with E-state index < -0.39 is 5.97 Å². The van der Waals surface area contributed by atoms with Crippen molar-refractivity contribution in [2.75, 3.05) is 14.2 Å². The second-order valence-electron chi connectivity index (χ2n) is 3.11. The van der Waals surface area contributed by atoms with Gasteiger partial charge < -0.3 is 9.47 Å². The molecule has 4 nitrogen and oxygen atoms in total. The molecule has 0 saturated carbocycles. The van der Waals surface area contributed by atoms with E-state index in [0.29, 0.717) is 10.0 Å². The van der Waals surface area contributed by atoms with Gasteiger partial charge in [0.05, 0.1) is 19.8 Å². The maximum atomic E-state index is 11.8. The summed E-state index contributed by atoms with van der Waals surface area (Å²) in [7, 11) is 2.66. The van der Waals surface area contributed by atoms with Crippen molar-refractivity contribution < 1.29 is 14.3 Å². The Labute approximate surface area is 101 Å². The quantitative estimate of drug-likeness (QED) is 0.780. The van der Waals surface area contributed by atoms with E-state index in [2.05, 4.69) is 20.7 Å². The molecule has 0 atom stereocenters. The van der Waals surface area contributed by atoms with Crippen LogP contribution in [0.3, 0.4) is 0 Å². The van der Waals surface area contributed by atoms with Gasteiger partial charge in [-0.3, -0.25) is 4.79 Å². The highest BCUT2D eigenvalue weighted by Crippen LogP contribution is 2.18. The van der Waals surface area contributed by atoms with Gasteiger partial charge in [0.2, 0.25) is 5.43 Å². The first-order chi connectivity index (χ1) is 7.51. The van der Waals surface area contributed by atoms with Gasteiger partial charge in [0.1, 0.15) is 0 Å². The standard InChI is InChI=1S/C11H11BrO4/c1-6-8(12)4-7(11(14)16-3)5-9(15-2)10(6)13/h4-5H,1-3H3. The molecule has 0 saturated heterocycles. The van der Waals surface area contributed by atoms with Crippen molar-refractivity contribution in [1.82, 2.24) is 0 Å². The van der Waals surface area contributed by atoms with Crippen molar-refractivity contribution in [3.63, 3.8) is 0 Å². The van der Waals surface area contributed by atoms with E-state index in [1.165, 1.54) is 26.4 Å². The second kappa shape index (κ2) is 5.12. The number of carbonyl (C=O) groups excluding carboxylic acids is 1. The monoisotopic (exact) mass is 286 g/mol. The summed E-state index contributed by atoms with van der Waals surface area (Å²) < 4.78 is 10.1. The molecule has 1 rings (SSSR count). The van der Waals surface area contributed by atoms with Gasteiger partial charge in [0.15, 0.2) is 5.75 Å². The van der Waals surface area contributed by atoms with Crippen molar-refractivity contribution in [1.29, 1.82) is 0 Å². The summed E-state index contributed by atoms with van der Waals surface area (Å²) in [6.07, 6.45) is 0. The molecule has 5 heteroatoms. The Morgan fingerprint density at radius 1 is 1.31 bits per heavy atom. The van der Waals surface area contributed by atoms with Crippen LogP contribution in [0.15, 0.2) is 21.4 Å². The van der Waals surface area contributed by atoms with Crippen molar-refractivity contribution in [3.05, 3.63) is 38.0 Å². The van der Waals surface area contributed by atoms with Gasteiger partial charge in [-0.15, -0.1) is 0 Å². The zero-order valence-corrected chi connectivity index (χ0v) is 10.8. The van der Waals surface area contributed by atoms with E-state index in [1.54, 1.807) is 6.92 Å². The molecule has 0 aliphatic rings. The molecule has 0 radical (unpaired) electrons. The minimum absolute atomic E-state index is 0.114. The summed E-state index contributed by atoms with van der Waals surface area (Å²) >= 11 is 3.22. The fourth-order valence-corrected chi connectivity index (χ4v) is 1.60. The molecular weight excluding hydrogens is 276 g/mol. The average molecular weight is 287 g/mol. The maximum absolute atomic E-state index is 11.8. The van der Waals surface area contributed by atoms with Crippen LogP contribution < -0.4 is 10.2 Å². The second-order valence-corrected chi connectivity index (χ2v) is 3.96. The van der Waals surface area contributed by atoms with Gasteiger partial charge in [0.25, 0.3) is 0 Å². The minimum Gasteiger partial charge on any atom is -0.493 e. The molecule has 0 aromatic heterocycles. The van der Waals surface area contributed by atoms with Gasteiger partial charge in [-0.25, -0.2) is 4.79 Å². The fourth-order valence-electron chi connectivity index (χ4n) is 1.17. The highest BCUT2D eigenvalue weighted by atomic mass is 79.9. The number of halogens is 1. The molecule has 0 spiro atoms. The summed E-state index contributed by atoms with van der Waals surface area (Å²) in [6, 6.07) is 2.90. The van der Waals surface area contributed by atoms with E-state index in [9.17, 15) is 9.59 Å². The molecule has 0 unspecified atom stereocenters. The Morgan fingerprint density at radius 2 is 1.94 bits per heavy atom. The van der Waals surface area contributed by atoms with E-state index in [0.717, 1.165) is 0 Å². The lowest BCUT2D eigenvalue weighted by molar-refractivity contribution is 0.0600. The van der Waals surface area contributed by atoms with Crippen molar-refractivity contribution in [2.24, 2.45) is 0 Å². The third-order valence-corrected chi connectivity index (χ3v) is 2.96. The molecule has 0 N–H and O–H groups in total. The van der Waals surface area contributed by atoms with Gasteiger partial charge >= 0.3 is 5.97 Å². The topological polar surface area (TPSA) is 52.6 Å². The van der Waals surface area contributed by atoms with Crippen molar-refractivity contribution in [2.45, 2.75) is 6.92 Å². The van der Waals surface area contributed by atoms with Gasteiger partial charge in [-0.2, -0.15) is 0 Å². The maximum Gasteiger partial charge on any atom is 0.338 e. The molecule has 0 aliphatic heterocycles. The Morgan fingerprint density at radius 3 is 2.44 bits per heavy atom. The zero-order chi connectivity index (χ0) is 12.3. The SMILES string of the molecule is COC(=O)c1cc(Br)c(C)c(=O)c(OC)c1. The Kier molecular flexibility index (Phi) is 4.06. The molecule has 1 aromatic carbocycles. The molecule has 0 aliphatic carbocycles. The largest absolute Gasteiger partial charge is 0.493 e. The lowest BCUT2D eigenvalue weighted by atomic mass is 10.3. The Balaban J connectivity index is 3.59. The number of ether oxygens (including phenoxy) is 2. The fraction of sp³-hybridized carbons (Fsp3) is 0.273. The summed E-state index contributed by atoms with van der Waals surface area (Å²) in [4.78, 5) is 23.2. The first kappa shape index (κ1) is 12.7. The molecule has 0 fully saturated rings. The highest BCUT2D eigenvalue weighted by molar-refractivity contribution is 9.10. The van der Waals surface area contributed by atoms with Crippen molar-refractivity contribution in [3.8, 4) is 5.75 Å². The van der Waals surface area contributed by atoms with E-state index in [4.69, 9.17) is 4.74 Å². The number of rotatable bonds is 2. The normalized spacial score (nSPS) is 9.75. The van der Waals surface area contributed by atoms with Crippen molar-refractivity contribution >= 4 is 21.9 Å². The lowest BCUT2D eigenvalue weighted by Gasteiger charge is -1.97. The van der Waals surface area contributed by atoms with Gasteiger partial charge in [-0.05, 0) is 19.1 Å². The summed E-state index contributed by atoms with van der Waals surface area (Å²) in [5.74, 6) is -0.405. The third kappa shape index (κ3) is 2.41. The van der Waals surface area contributed by atoms with Crippen LogP contribution in [-0.4, -0.2) is 20.2 Å². The zero-order valence-electron chi connectivity index (χ0n) is 9.17. The summed E-state index contributed by atoms with van der Waals surface area (Å²) in [5.41, 5.74) is 0.480. The lowest BCUT2D eigenvalue weighted by Crippen LogP contribution is -2.05. The number of carbonyl (C=O) groups is 1. The molecule has 0 amide bonds. The number of methoxy groups -OCH3 is 2. The van der Waals surface area contributed by atoms with Crippen LogP contribution in [0.4, 0.5) is 0 Å². The number of esters is 1. The summed E-state index contributed by atoms with van der Waals surface area (Å²) in [6.45, 7) is 1.65. The van der Waals surface area contributed by atoms with Gasteiger partial charge in [0, 0.05) is 10.0 Å². The van der Waals surface area contributed by atoms with Gasteiger partial charge in [-0.1, -0.05) is 15.9 Å². The van der Waals surface area contributed by atoms with Crippen LogP contribution in [0.2, 0.25) is 0 Å². The Hall–Kier alpha value is -1.36. The Bertz CT molecular complexity index is 482. The molecule has 1 aromatic rings. The first-order valence-corrected chi connectivity index (χ1v) is 5.27. The molecular formula is C11H11BrO4. The number of hydrogen-bond donors (Lipinski definition) is 0. The van der Waals surface area contributed by atoms with Crippen LogP contribution in [0, 0.1) is 6.92 Å². The molecule has 16 heavy (non-hydrogen) atoms.